The van der Waals surface area contributed by atoms with Crippen LogP contribution >= 0.6 is 0 Å². The maximum absolute atomic E-state index is 7.07. The number of hydrogen-bond acceptors (Lipinski definition) is 3. The van der Waals surface area contributed by atoms with Crippen molar-refractivity contribution in [3.8, 4) is 0 Å². The molecule has 0 saturated heterocycles. The Bertz CT molecular complexity index is 156. The van der Waals surface area contributed by atoms with Gasteiger partial charge in [-0.2, -0.15) is 0 Å². The molecule has 0 aliphatic carbocycles. The molecule has 3 N–H and O–H groups in total. The predicted octanol–water partition coefficient (Wildman–Crippen LogP) is 0.586. The molecule has 0 rings (SSSR count). The highest BCUT2D eigenvalue weighted by Crippen LogP contribution is 1.96. The molecular weight excluding hydrogens is 176 g/mol. The Kier molecular flexibility index (Phi) is 7.42. The third-order valence-corrected chi connectivity index (χ3v) is 2.16. The second-order valence-electron chi connectivity index (χ2n) is 4.09. The summed E-state index contributed by atoms with van der Waals surface area (Å²) >= 11 is 0. The number of nitrogens with zero attached hydrogens (tertiary/aromatic N) is 2. The van der Waals surface area contributed by atoms with Gasteiger partial charge in [0.15, 0.2) is 0 Å². The molecule has 0 unspecified atom stereocenters. The van der Waals surface area contributed by atoms with Gasteiger partial charge in [0, 0.05) is 19.5 Å². The summed E-state index contributed by atoms with van der Waals surface area (Å²) in [5.74, 6) is 0.306. The molecule has 0 radical (unpaired) electrons. The number of likely N-dealkylation sites (N-methyl/N-ethyl adjacent to an activating group) is 2. The molecule has 0 aliphatic rings. The number of hydrogen-bond donors (Lipinski definition) is 2. The topological polar surface area (TPSA) is 56.4 Å². The SMILES string of the molecule is CN(C)CCN(C)CCCCC(=N)N. The van der Waals surface area contributed by atoms with E-state index in [0.717, 1.165) is 38.9 Å². The van der Waals surface area contributed by atoms with E-state index in [1.807, 2.05) is 0 Å². The van der Waals surface area contributed by atoms with Gasteiger partial charge < -0.3 is 15.5 Å². The van der Waals surface area contributed by atoms with Crippen LogP contribution in [0.5, 0.6) is 0 Å². The van der Waals surface area contributed by atoms with Crippen molar-refractivity contribution in [2.24, 2.45) is 5.73 Å². The largest absolute Gasteiger partial charge is 0.388 e. The smallest absolute Gasteiger partial charge is 0.0905 e. The zero-order valence-corrected chi connectivity index (χ0v) is 9.71. The van der Waals surface area contributed by atoms with Crippen LogP contribution in [0.3, 0.4) is 0 Å². The van der Waals surface area contributed by atoms with Crippen LogP contribution in [0.2, 0.25) is 0 Å². The summed E-state index contributed by atoms with van der Waals surface area (Å²) in [6, 6.07) is 0. The molecule has 0 aromatic carbocycles. The van der Waals surface area contributed by atoms with Gasteiger partial charge >= 0.3 is 0 Å². The van der Waals surface area contributed by atoms with Gasteiger partial charge in [0.1, 0.15) is 0 Å². The van der Waals surface area contributed by atoms with E-state index in [2.05, 4.69) is 30.9 Å². The Morgan fingerprint density at radius 3 is 2.21 bits per heavy atom. The summed E-state index contributed by atoms with van der Waals surface area (Å²) in [5.41, 5.74) is 5.27. The lowest BCUT2D eigenvalue weighted by molar-refractivity contribution is 0.278. The molecule has 0 aromatic rings. The van der Waals surface area contributed by atoms with Crippen LogP contribution < -0.4 is 5.73 Å². The number of nitrogens with two attached hydrogens (primary N) is 1. The molecule has 0 bridgehead atoms. The zero-order valence-electron chi connectivity index (χ0n) is 9.71. The van der Waals surface area contributed by atoms with E-state index in [0.29, 0.717) is 5.84 Å². The first-order valence-electron chi connectivity index (χ1n) is 5.18. The fraction of sp³-hybridized carbons (Fsp3) is 0.900. The minimum atomic E-state index is 0.306. The first-order valence-corrected chi connectivity index (χ1v) is 5.18. The van der Waals surface area contributed by atoms with Gasteiger partial charge in [-0.3, -0.25) is 5.41 Å². The van der Waals surface area contributed by atoms with Crippen molar-refractivity contribution in [3.63, 3.8) is 0 Å². The summed E-state index contributed by atoms with van der Waals surface area (Å²) < 4.78 is 0. The van der Waals surface area contributed by atoms with Crippen LogP contribution in [0.25, 0.3) is 0 Å². The van der Waals surface area contributed by atoms with Crippen molar-refractivity contribution >= 4 is 5.84 Å². The van der Waals surface area contributed by atoms with Gasteiger partial charge in [-0.1, -0.05) is 0 Å². The number of rotatable bonds is 8. The molecule has 0 spiro atoms. The van der Waals surface area contributed by atoms with Gasteiger partial charge in [-0.15, -0.1) is 0 Å². The van der Waals surface area contributed by atoms with Crippen molar-refractivity contribution in [1.82, 2.24) is 9.80 Å². The van der Waals surface area contributed by atoms with Crippen LogP contribution in [0, 0.1) is 5.41 Å². The Labute approximate surface area is 87.6 Å². The van der Waals surface area contributed by atoms with Gasteiger partial charge in [0.05, 0.1) is 5.84 Å². The molecule has 0 saturated carbocycles. The van der Waals surface area contributed by atoms with E-state index >= 15 is 0 Å². The Balaban J connectivity index is 3.26. The average molecular weight is 200 g/mol. The molecule has 0 fully saturated rings. The second-order valence-corrected chi connectivity index (χ2v) is 4.09. The van der Waals surface area contributed by atoms with Gasteiger partial charge in [0.25, 0.3) is 0 Å². The lowest BCUT2D eigenvalue weighted by Gasteiger charge is -2.18. The normalized spacial score (nSPS) is 11.2. The third-order valence-electron chi connectivity index (χ3n) is 2.16. The van der Waals surface area contributed by atoms with Crippen molar-refractivity contribution < 1.29 is 0 Å². The van der Waals surface area contributed by atoms with Crippen LogP contribution in [0.4, 0.5) is 0 Å². The fourth-order valence-electron chi connectivity index (χ4n) is 1.18. The molecule has 0 heterocycles. The zero-order chi connectivity index (χ0) is 11.0. The van der Waals surface area contributed by atoms with E-state index in [-0.39, 0.29) is 0 Å². The maximum atomic E-state index is 7.07. The van der Waals surface area contributed by atoms with Crippen molar-refractivity contribution in [3.05, 3.63) is 0 Å². The molecule has 0 atom stereocenters. The quantitative estimate of drug-likeness (QED) is 0.342. The molecular formula is C10H24N4. The molecule has 4 nitrogen and oxygen atoms in total. The highest BCUT2D eigenvalue weighted by Gasteiger charge is 1.99. The molecule has 4 heteroatoms. The number of amidine groups is 1. The third kappa shape index (κ3) is 9.48. The standard InChI is InChI=1S/C10H24N4/c1-13(2)8-9-14(3)7-5-4-6-10(11)12/h4-9H2,1-3H3,(H3,11,12). The van der Waals surface area contributed by atoms with Crippen molar-refractivity contribution in [2.75, 3.05) is 40.8 Å². The highest BCUT2D eigenvalue weighted by atomic mass is 15.1. The lowest BCUT2D eigenvalue weighted by atomic mass is 10.2. The van der Waals surface area contributed by atoms with Gasteiger partial charge in [-0.25, -0.2) is 0 Å². The first-order chi connectivity index (χ1) is 6.52. The summed E-state index contributed by atoms with van der Waals surface area (Å²) in [6.45, 7) is 3.30. The van der Waals surface area contributed by atoms with Crippen LogP contribution in [-0.2, 0) is 0 Å². The average Bonchev–Trinajstić information content (AvgIpc) is 2.08. The molecule has 0 amide bonds. The molecule has 0 aliphatic heterocycles. The summed E-state index contributed by atoms with van der Waals surface area (Å²) in [5, 5.41) is 7.07. The minimum absolute atomic E-state index is 0.306. The van der Waals surface area contributed by atoms with Gasteiger partial charge in [-0.05, 0) is 40.5 Å². The van der Waals surface area contributed by atoms with Crippen LogP contribution in [0.1, 0.15) is 19.3 Å². The molecule has 0 aromatic heterocycles. The Hall–Kier alpha value is -0.610. The fourth-order valence-corrected chi connectivity index (χ4v) is 1.18. The van der Waals surface area contributed by atoms with Crippen LogP contribution in [0.15, 0.2) is 0 Å². The predicted molar refractivity (Wildman–Crippen MR) is 61.8 cm³/mol. The van der Waals surface area contributed by atoms with E-state index in [1.165, 1.54) is 0 Å². The number of nitrogens with one attached hydrogen (secondary N) is 1. The minimum Gasteiger partial charge on any atom is -0.388 e. The van der Waals surface area contributed by atoms with E-state index in [4.69, 9.17) is 11.1 Å². The Morgan fingerprint density at radius 2 is 1.71 bits per heavy atom. The summed E-state index contributed by atoms with van der Waals surface area (Å²) in [6.07, 6.45) is 2.90. The number of unbranched alkanes of at least 4 members (excludes halogenated alkanes) is 1. The van der Waals surface area contributed by atoms with Crippen molar-refractivity contribution in [1.29, 1.82) is 5.41 Å². The van der Waals surface area contributed by atoms with E-state index < -0.39 is 0 Å². The maximum Gasteiger partial charge on any atom is 0.0905 e. The molecule has 84 valence electrons. The monoisotopic (exact) mass is 200 g/mol. The van der Waals surface area contributed by atoms with E-state index in [9.17, 15) is 0 Å². The molecule has 14 heavy (non-hydrogen) atoms. The van der Waals surface area contributed by atoms with Crippen molar-refractivity contribution in [2.45, 2.75) is 19.3 Å². The van der Waals surface area contributed by atoms with E-state index in [1.54, 1.807) is 0 Å². The van der Waals surface area contributed by atoms with Crippen LogP contribution in [-0.4, -0.2) is 56.4 Å². The Morgan fingerprint density at radius 1 is 1.07 bits per heavy atom. The first kappa shape index (κ1) is 13.4. The second kappa shape index (κ2) is 7.76. The summed E-state index contributed by atoms with van der Waals surface area (Å²) in [4.78, 5) is 4.51. The summed E-state index contributed by atoms with van der Waals surface area (Å²) in [7, 11) is 6.31. The van der Waals surface area contributed by atoms with Gasteiger partial charge in [0.2, 0.25) is 0 Å². The lowest BCUT2D eigenvalue weighted by Crippen LogP contribution is -2.29. The highest BCUT2D eigenvalue weighted by molar-refractivity contribution is 5.76.